The van der Waals surface area contributed by atoms with Crippen molar-refractivity contribution < 1.29 is 14.6 Å². The minimum atomic E-state index is -0.905. The van der Waals surface area contributed by atoms with E-state index in [1.54, 1.807) is 17.4 Å². The summed E-state index contributed by atoms with van der Waals surface area (Å²) in [7, 11) is 0. The quantitative estimate of drug-likeness (QED) is 0.843. The van der Waals surface area contributed by atoms with Gasteiger partial charge in [-0.25, -0.2) is 4.79 Å². The van der Waals surface area contributed by atoms with Crippen LogP contribution in [0.25, 0.3) is 6.08 Å². The normalized spacial score (nSPS) is 23.8. The van der Waals surface area contributed by atoms with E-state index in [2.05, 4.69) is 6.92 Å². The molecule has 1 aromatic heterocycles. The first-order chi connectivity index (χ1) is 8.66. The van der Waals surface area contributed by atoms with Gasteiger partial charge in [-0.1, -0.05) is 0 Å². The van der Waals surface area contributed by atoms with Gasteiger partial charge in [0.1, 0.15) is 0 Å². The third kappa shape index (κ3) is 3.60. The Morgan fingerprint density at radius 2 is 2.56 bits per heavy atom. The van der Waals surface area contributed by atoms with Crippen LogP contribution in [0.3, 0.4) is 0 Å². The second kappa shape index (κ2) is 6.41. The number of thiophene rings is 1. The van der Waals surface area contributed by atoms with Gasteiger partial charge in [-0.05, 0) is 36.4 Å². The van der Waals surface area contributed by atoms with Crippen LogP contribution in [0.4, 0.5) is 0 Å². The maximum atomic E-state index is 10.5. The molecule has 18 heavy (non-hydrogen) atoms. The molecule has 5 heteroatoms. The molecule has 3 nitrogen and oxygen atoms in total. The van der Waals surface area contributed by atoms with Gasteiger partial charge in [0.25, 0.3) is 0 Å². The number of hydrogen-bond donors (Lipinski definition) is 1. The lowest BCUT2D eigenvalue weighted by Gasteiger charge is -2.12. The van der Waals surface area contributed by atoms with Crippen molar-refractivity contribution in [1.82, 2.24) is 0 Å². The molecule has 1 aromatic rings. The van der Waals surface area contributed by atoms with E-state index in [1.165, 1.54) is 11.0 Å². The summed E-state index contributed by atoms with van der Waals surface area (Å²) in [5.41, 5.74) is 1.02. The molecule has 2 rings (SSSR count). The number of carboxylic acid groups (broad SMARTS) is 1. The van der Waals surface area contributed by atoms with E-state index in [4.69, 9.17) is 9.84 Å². The van der Waals surface area contributed by atoms with Gasteiger partial charge in [0.05, 0.1) is 6.10 Å². The number of rotatable bonds is 5. The summed E-state index contributed by atoms with van der Waals surface area (Å²) in [6.07, 6.45) is 4.30. The van der Waals surface area contributed by atoms with Gasteiger partial charge in [0.2, 0.25) is 0 Å². The summed E-state index contributed by atoms with van der Waals surface area (Å²) < 4.78 is 5.54. The monoisotopic (exact) mass is 284 g/mol. The molecule has 1 N–H and O–H groups in total. The predicted molar refractivity (Wildman–Crippen MR) is 76.1 cm³/mol. The molecule has 2 unspecified atom stereocenters. The molecule has 2 heterocycles. The lowest BCUT2D eigenvalue weighted by atomic mass is 10.2. The van der Waals surface area contributed by atoms with Crippen LogP contribution in [0.1, 0.15) is 23.8 Å². The Morgan fingerprint density at radius 1 is 1.72 bits per heavy atom. The Balaban J connectivity index is 1.93. The number of thioether (sulfide) groups is 1. The van der Waals surface area contributed by atoms with Crippen molar-refractivity contribution in [1.29, 1.82) is 0 Å². The summed E-state index contributed by atoms with van der Waals surface area (Å²) in [6.45, 7) is 2.97. The van der Waals surface area contributed by atoms with Gasteiger partial charge in [-0.2, -0.15) is 11.8 Å². The van der Waals surface area contributed by atoms with Gasteiger partial charge in [0, 0.05) is 28.6 Å². The molecule has 1 aliphatic heterocycles. The molecule has 0 amide bonds. The van der Waals surface area contributed by atoms with Crippen LogP contribution in [-0.4, -0.2) is 29.0 Å². The summed E-state index contributed by atoms with van der Waals surface area (Å²) in [4.78, 5) is 11.7. The van der Waals surface area contributed by atoms with Crippen molar-refractivity contribution in [3.05, 3.63) is 28.0 Å². The average Bonchev–Trinajstić information content (AvgIpc) is 2.92. The summed E-state index contributed by atoms with van der Waals surface area (Å²) in [5, 5.41) is 11.2. The molecule has 0 bridgehead atoms. The summed E-state index contributed by atoms with van der Waals surface area (Å²) in [5.74, 6) is 0.0209. The number of carboxylic acids is 1. The van der Waals surface area contributed by atoms with Crippen LogP contribution >= 0.6 is 23.1 Å². The van der Waals surface area contributed by atoms with Gasteiger partial charge >= 0.3 is 5.97 Å². The highest BCUT2D eigenvalue weighted by atomic mass is 32.2. The third-order valence-corrected chi connectivity index (χ3v) is 5.54. The molecule has 0 aromatic carbocycles. The van der Waals surface area contributed by atoms with Crippen LogP contribution in [0.5, 0.6) is 0 Å². The van der Waals surface area contributed by atoms with E-state index in [1.807, 2.05) is 23.2 Å². The molecule has 1 fully saturated rings. The van der Waals surface area contributed by atoms with Gasteiger partial charge in [-0.15, -0.1) is 11.3 Å². The molecule has 0 saturated carbocycles. The van der Waals surface area contributed by atoms with Crippen LogP contribution in [-0.2, 0) is 15.3 Å². The highest BCUT2D eigenvalue weighted by Gasteiger charge is 2.24. The SMILES string of the molecule is CC1OCCC1SCc1sccc1/C=C/C(=O)O. The largest absolute Gasteiger partial charge is 0.478 e. The van der Waals surface area contributed by atoms with Crippen molar-refractivity contribution in [2.45, 2.75) is 30.5 Å². The smallest absolute Gasteiger partial charge is 0.328 e. The van der Waals surface area contributed by atoms with Gasteiger partial charge < -0.3 is 9.84 Å². The minimum Gasteiger partial charge on any atom is -0.478 e. The number of carbonyl (C=O) groups is 1. The average molecular weight is 284 g/mol. The Kier molecular flexibility index (Phi) is 4.86. The first kappa shape index (κ1) is 13.6. The molecular weight excluding hydrogens is 268 g/mol. The zero-order valence-electron chi connectivity index (χ0n) is 10.2. The van der Waals surface area contributed by atoms with Crippen molar-refractivity contribution in [2.75, 3.05) is 6.61 Å². The second-order valence-corrected chi connectivity index (χ2v) is 6.41. The molecule has 98 valence electrons. The van der Waals surface area contributed by atoms with Crippen LogP contribution in [0.15, 0.2) is 17.5 Å². The van der Waals surface area contributed by atoms with Crippen molar-refractivity contribution in [3.8, 4) is 0 Å². The highest BCUT2D eigenvalue weighted by molar-refractivity contribution is 7.99. The zero-order valence-corrected chi connectivity index (χ0v) is 11.8. The second-order valence-electron chi connectivity index (χ2n) is 4.18. The van der Waals surface area contributed by atoms with Gasteiger partial charge in [0.15, 0.2) is 0 Å². The molecular formula is C13H16O3S2. The van der Waals surface area contributed by atoms with E-state index in [9.17, 15) is 4.79 Å². The van der Waals surface area contributed by atoms with Crippen LogP contribution in [0, 0.1) is 0 Å². The Labute approximate surface area is 115 Å². The third-order valence-electron chi connectivity index (χ3n) is 2.92. The number of ether oxygens (including phenoxy) is 1. The molecule has 1 aliphatic rings. The number of aliphatic carboxylic acids is 1. The Morgan fingerprint density at radius 3 is 3.22 bits per heavy atom. The fourth-order valence-electron chi connectivity index (χ4n) is 1.89. The van der Waals surface area contributed by atoms with E-state index >= 15 is 0 Å². The Hall–Kier alpha value is -0.780. The molecule has 2 atom stereocenters. The van der Waals surface area contributed by atoms with Gasteiger partial charge in [-0.3, -0.25) is 0 Å². The fraction of sp³-hybridized carbons (Fsp3) is 0.462. The summed E-state index contributed by atoms with van der Waals surface area (Å²) >= 11 is 3.58. The highest BCUT2D eigenvalue weighted by Crippen LogP contribution is 2.32. The Bertz CT molecular complexity index is 439. The predicted octanol–water partition coefficient (Wildman–Crippen LogP) is 3.26. The molecule has 0 aliphatic carbocycles. The topological polar surface area (TPSA) is 46.5 Å². The maximum absolute atomic E-state index is 10.5. The fourth-order valence-corrected chi connectivity index (χ4v) is 4.16. The van der Waals surface area contributed by atoms with E-state index in [0.29, 0.717) is 11.4 Å². The molecule has 0 radical (unpaired) electrons. The molecule has 0 spiro atoms. The lowest BCUT2D eigenvalue weighted by molar-refractivity contribution is -0.131. The van der Waals surface area contributed by atoms with Crippen LogP contribution < -0.4 is 0 Å². The molecule has 1 saturated heterocycles. The van der Waals surface area contributed by atoms with Crippen molar-refractivity contribution >= 4 is 35.1 Å². The first-order valence-electron chi connectivity index (χ1n) is 5.87. The van der Waals surface area contributed by atoms with Crippen molar-refractivity contribution in [3.63, 3.8) is 0 Å². The standard InChI is InChI=1S/C13H16O3S2/c1-9-11(4-6-16-9)18-8-12-10(5-7-17-12)2-3-13(14)15/h2-3,5,7,9,11H,4,6,8H2,1H3,(H,14,15)/b3-2+. The van der Waals surface area contributed by atoms with E-state index < -0.39 is 5.97 Å². The zero-order chi connectivity index (χ0) is 13.0. The minimum absolute atomic E-state index is 0.327. The number of hydrogen-bond acceptors (Lipinski definition) is 4. The van der Waals surface area contributed by atoms with Crippen LogP contribution in [0.2, 0.25) is 0 Å². The van der Waals surface area contributed by atoms with E-state index in [-0.39, 0.29) is 0 Å². The lowest BCUT2D eigenvalue weighted by Crippen LogP contribution is -2.13. The first-order valence-corrected chi connectivity index (χ1v) is 7.80. The van der Waals surface area contributed by atoms with E-state index in [0.717, 1.165) is 24.3 Å². The summed E-state index contributed by atoms with van der Waals surface area (Å²) in [6, 6.07) is 1.97. The maximum Gasteiger partial charge on any atom is 0.328 e. The van der Waals surface area contributed by atoms with Crippen molar-refractivity contribution in [2.24, 2.45) is 0 Å².